The first-order valence-electron chi connectivity index (χ1n) is 6.65. The Balaban J connectivity index is 2.35. The molecule has 0 spiro atoms. The Bertz CT molecular complexity index is 870. The van der Waals surface area contributed by atoms with Crippen LogP contribution in [-0.4, -0.2) is 21.0 Å². The summed E-state index contributed by atoms with van der Waals surface area (Å²) in [6.45, 7) is 0. The summed E-state index contributed by atoms with van der Waals surface area (Å²) in [4.78, 5) is 0. The van der Waals surface area contributed by atoms with Crippen molar-refractivity contribution < 1.29 is 28.8 Å². The van der Waals surface area contributed by atoms with E-state index in [0.29, 0.717) is 14.9 Å². The zero-order valence-electron chi connectivity index (χ0n) is 12.7. The fourth-order valence-corrected chi connectivity index (χ4v) is 6.73. The van der Waals surface area contributed by atoms with E-state index in [1.54, 1.807) is 42.5 Å². The van der Waals surface area contributed by atoms with Crippen molar-refractivity contribution in [2.24, 2.45) is 0 Å². The van der Waals surface area contributed by atoms with Crippen LogP contribution in [0.2, 0.25) is 0 Å². The summed E-state index contributed by atoms with van der Waals surface area (Å²) < 4.78 is 72.9. The Labute approximate surface area is 151 Å². The van der Waals surface area contributed by atoms with Gasteiger partial charge in [-0.15, -0.1) is 0 Å². The van der Waals surface area contributed by atoms with Crippen LogP contribution in [-0.2, 0) is 12.6 Å². The average Bonchev–Trinajstić information content (AvgIpc) is 2.58. The van der Waals surface area contributed by atoms with Crippen molar-refractivity contribution in [2.75, 3.05) is 7.11 Å². The third-order valence-electron chi connectivity index (χ3n) is 2.73. The summed E-state index contributed by atoms with van der Waals surface area (Å²) in [5.74, 6) is 3.27. The first kappa shape index (κ1) is 19.6. The predicted molar refractivity (Wildman–Crippen MR) is 95.1 cm³/mol. The van der Waals surface area contributed by atoms with Gasteiger partial charge in [0.2, 0.25) is 0 Å². The van der Waals surface area contributed by atoms with Crippen LogP contribution in [0.1, 0.15) is 5.56 Å². The molecule has 2 rings (SSSR count). The molecule has 2 aromatic rings. The molecule has 0 radical (unpaired) electrons. The number of benzene rings is 2. The monoisotopic (exact) mass is 484 g/mol. The van der Waals surface area contributed by atoms with E-state index in [-0.39, 0.29) is 0 Å². The van der Waals surface area contributed by atoms with E-state index < -0.39 is 35.9 Å². The summed E-state index contributed by atoms with van der Waals surface area (Å²) in [5, 5.41) is 0. The molecule has 25 heavy (non-hydrogen) atoms. The molecule has 0 amide bonds. The van der Waals surface area contributed by atoms with Gasteiger partial charge in [0.1, 0.15) is 0 Å². The third-order valence-corrected chi connectivity index (χ3v) is 8.70. The zero-order valence-corrected chi connectivity index (χ0v) is 15.7. The van der Waals surface area contributed by atoms with Gasteiger partial charge in [0, 0.05) is 0 Å². The molecular weight excluding hydrogens is 472 g/mol. The summed E-state index contributed by atoms with van der Waals surface area (Å²) in [7, 11) is -4.22. The van der Waals surface area contributed by atoms with Crippen LogP contribution in [0.3, 0.4) is 0 Å². The van der Waals surface area contributed by atoms with E-state index in [1.165, 1.54) is 19.2 Å². The Hall–Kier alpha value is -1.77. The van der Waals surface area contributed by atoms with Gasteiger partial charge in [0.05, 0.1) is 0 Å². The Morgan fingerprint density at radius 1 is 1.00 bits per heavy atom. The van der Waals surface area contributed by atoms with Crippen molar-refractivity contribution in [3.05, 3.63) is 63.7 Å². The minimum atomic E-state index is -5.71. The standard InChI is InChI=1S/C16H12F3IO4S/c1-23-15-9-7-13(8-10-15)11-12-20(14-5-3-2-4-6-14)24-25(21,22)16(17,18)19/h2-10H,1H3. The summed E-state index contributed by atoms with van der Waals surface area (Å²) >= 11 is -3.41. The van der Waals surface area contributed by atoms with E-state index in [9.17, 15) is 21.6 Å². The number of halogens is 4. The summed E-state index contributed by atoms with van der Waals surface area (Å²) in [5.41, 5.74) is -4.98. The molecule has 0 bridgehead atoms. The average molecular weight is 484 g/mol. The number of alkyl halides is 3. The van der Waals surface area contributed by atoms with Gasteiger partial charge >= 0.3 is 151 Å². The van der Waals surface area contributed by atoms with E-state index in [4.69, 9.17) is 4.74 Å². The maximum atomic E-state index is 12.6. The fraction of sp³-hybridized carbons (Fsp3) is 0.125. The van der Waals surface area contributed by atoms with E-state index >= 15 is 0 Å². The van der Waals surface area contributed by atoms with E-state index in [1.807, 2.05) is 0 Å². The molecule has 134 valence electrons. The Morgan fingerprint density at radius 2 is 1.60 bits per heavy atom. The second kappa shape index (κ2) is 8.07. The van der Waals surface area contributed by atoms with Gasteiger partial charge in [0.15, 0.2) is 0 Å². The van der Waals surface area contributed by atoms with Gasteiger partial charge in [-0.1, -0.05) is 0 Å². The summed E-state index contributed by atoms with van der Waals surface area (Å²) in [6.07, 6.45) is 0. The van der Waals surface area contributed by atoms with Gasteiger partial charge in [-0.05, 0) is 0 Å². The molecular formula is C16H12F3IO4S. The van der Waals surface area contributed by atoms with Gasteiger partial charge in [-0.2, -0.15) is 0 Å². The van der Waals surface area contributed by atoms with Gasteiger partial charge in [0.25, 0.3) is 0 Å². The van der Waals surface area contributed by atoms with Crippen LogP contribution in [0.25, 0.3) is 0 Å². The van der Waals surface area contributed by atoms with Crippen molar-refractivity contribution in [3.63, 3.8) is 0 Å². The molecule has 0 aliphatic carbocycles. The minimum absolute atomic E-state index is 0.348. The van der Waals surface area contributed by atoms with Crippen molar-refractivity contribution in [1.82, 2.24) is 0 Å². The van der Waals surface area contributed by atoms with Crippen LogP contribution in [0.4, 0.5) is 13.2 Å². The van der Waals surface area contributed by atoms with Crippen molar-refractivity contribution in [3.8, 4) is 15.6 Å². The van der Waals surface area contributed by atoms with E-state index in [2.05, 4.69) is 12.4 Å². The number of ether oxygens (including phenoxy) is 1. The number of methoxy groups -OCH3 is 1. The van der Waals surface area contributed by atoms with E-state index in [0.717, 1.165) is 0 Å². The molecule has 0 saturated heterocycles. The molecule has 0 saturated carbocycles. The SMILES string of the molecule is COc1ccc(C#CI(OS(=O)(=O)C(F)(F)F)c2ccccc2)cc1. The molecule has 0 aliphatic heterocycles. The first-order chi connectivity index (χ1) is 11.7. The van der Waals surface area contributed by atoms with Crippen LogP contribution < -0.4 is 4.74 Å². The van der Waals surface area contributed by atoms with Crippen LogP contribution >= 0.6 is 20.2 Å². The molecule has 0 unspecified atom stereocenters. The Morgan fingerprint density at radius 3 is 2.12 bits per heavy atom. The van der Waals surface area contributed by atoms with Crippen molar-refractivity contribution in [2.45, 2.75) is 5.51 Å². The van der Waals surface area contributed by atoms with Crippen molar-refractivity contribution in [1.29, 1.82) is 0 Å². The number of hydrogen-bond acceptors (Lipinski definition) is 4. The normalized spacial score (nSPS) is 12.1. The summed E-state index contributed by atoms with van der Waals surface area (Å²) in [6, 6.07) is 14.3. The van der Waals surface area contributed by atoms with Crippen LogP contribution in [0.5, 0.6) is 5.75 Å². The number of rotatable bonds is 4. The molecule has 0 aromatic heterocycles. The van der Waals surface area contributed by atoms with Gasteiger partial charge in [-0.3, -0.25) is 0 Å². The molecule has 0 fully saturated rings. The molecule has 2 aromatic carbocycles. The molecule has 4 nitrogen and oxygen atoms in total. The second-order valence-electron chi connectivity index (χ2n) is 4.46. The number of hydrogen-bond donors (Lipinski definition) is 0. The predicted octanol–water partition coefficient (Wildman–Crippen LogP) is 4.16. The first-order valence-corrected chi connectivity index (χ1v) is 11.1. The molecule has 9 heteroatoms. The van der Waals surface area contributed by atoms with Crippen molar-refractivity contribution >= 4 is 30.4 Å². The molecule has 0 heterocycles. The van der Waals surface area contributed by atoms with Crippen LogP contribution in [0.15, 0.2) is 54.6 Å². The van der Waals surface area contributed by atoms with Crippen LogP contribution in [0, 0.1) is 13.4 Å². The second-order valence-corrected chi connectivity index (χ2v) is 10.2. The molecule has 0 aliphatic rings. The maximum absolute atomic E-state index is 12.6. The Kier molecular flexibility index (Phi) is 6.31. The topological polar surface area (TPSA) is 52.6 Å². The zero-order chi connectivity index (χ0) is 18.5. The molecule has 0 N–H and O–H groups in total. The quantitative estimate of drug-likeness (QED) is 0.372. The third kappa shape index (κ3) is 5.35. The van der Waals surface area contributed by atoms with Gasteiger partial charge < -0.3 is 0 Å². The van der Waals surface area contributed by atoms with Gasteiger partial charge in [-0.25, -0.2) is 0 Å². The fourth-order valence-electron chi connectivity index (χ4n) is 1.53. The molecule has 0 atom stereocenters.